The second-order valence-corrected chi connectivity index (χ2v) is 9.31. The Morgan fingerprint density at radius 3 is 2.76 bits per heavy atom. The van der Waals surface area contributed by atoms with Crippen molar-refractivity contribution in [3.8, 4) is 11.1 Å². The normalized spacial score (nSPS) is 16.4. The van der Waals surface area contributed by atoms with Gasteiger partial charge in [-0.1, -0.05) is 29.8 Å². The second kappa shape index (κ2) is 8.47. The molecule has 0 saturated carbocycles. The quantitative estimate of drug-likeness (QED) is 0.435. The van der Waals surface area contributed by atoms with Crippen LogP contribution < -0.4 is 0 Å². The van der Waals surface area contributed by atoms with Crippen molar-refractivity contribution in [2.75, 3.05) is 13.1 Å². The van der Waals surface area contributed by atoms with Crippen LogP contribution in [-0.2, 0) is 0 Å². The molecule has 5 rings (SSSR count). The number of rotatable bonds is 3. The van der Waals surface area contributed by atoms with Crippen LogP contribution in [0.4, 0.5) is 0 Å². The summed E-state index contributed by atoms with van der Waals surface area (Å²) in [4.78, 5) is 28.2. The van der Waals surface area contributed by atoms with Crippen molar-refractivity contribution in [2.45, 2.75) is 46.5 Å². The Hall–Kier alpha value is -3.47. The number of carbonyl (C=O) groups is 1. The fourth-order valence-electron chi connectivity index (χ4n) is 5.00. The molecule has 33 heavy (non-hydrogen) atoms. The molecule has 2 aromatic heterocycles. The Labute approximate surface area is 194 Å². The summed E-state index contributed by atoms with van der Waals surface area (Å²) in [5.74, 6) is 1.07. The van der Waals surface area contributed by atoms with Gasteiger partial charge in [0.15, 0.2) is 0 Å². The molecule has 0 bridgehead atoms. The first-order valence-corrected chi connectivity index (χ1v) is 11.7. The molecule has 0 aliphatic carbocycles. The van der Waals surface area contributed by atoms with Crippen LogP contribution in [0.3, 0.4) is 0 Å². The molecular formula is C28H30N4O. The van der Waals surface area contributed by atoms with Crippen LogP contribution in [0, 0.1) is 27.7 Å². The predicted molar refractivity (Wildman–Crippen MR) is 133 cm³/mol. The molecule has 1 aliphatic heterocycles. The summed E-state index contributed by atoms with van der Waals surface area (Å²) in [6.07, 6.45) is 3.93. The van der Waals surface area contributed by atoms with Crippen LogP contribution in [0.2, 0.25) is 0 Å². The second-order valence-electron chi connectivity index (χ2n) is 9.31. The van der Waals surface area contributed by atoms with E-state index >= 15 is 0 Å². The predicted octanol–water partition coefficient (Wildman–Crippen LogP) is 5.88. The van der Waals surface area contributed by atoms with E-state index in [9.17, 15) is 4.79 Å². The monoisotopic (exact) mass is 438 g/mol. The number of nitrogens with zero attached hydrogens (tertiary/aromatic N) is 3. The summed E-state index contributed by atoms with van der Waals surface area (Å²) in [6.45, 7) is 9.67. The van der Waals surface area contributed by atoms with Crippen LogP contribution in [0.25, 0.3) is 22.0 Å². The van der Waals surface area contributed by atoms with E-state index in [4.69, 9.17) is 4.98 Å². The number of fused-ring (bicyclic) bond motifs is 1. The molecule has 1 atom stereocenters. The van der Waals surface area contributed by atoms with Crippen molar-refractivity contribution in [1.82, 2.24) is 19.9 Å². The molecule has 1 aliphatic rings. The van der Waals surface area contributed by atoms with E-state index in [0.29, 0.717) is 6.54 Å². The lowest BCUT2D eigenvalue weighted by Gasteiger charge is -2.33. The van der Waals surface area contributed by atoms with Crippen molar-refractivity contribution in [3.05, 3.63) is 82.6 Å². The van der Waals surface area contributed by atoms with E-state index in [-0.39, 0.29) is 11.8 Å². The van der Waals surface area contributed by atoms with Crippen molar-refractivity contribution in [1.29, 1.82) is 0 Å². The molecule has 4 aromatic rings. The SMILES string of the molecule is Cc1cccc(-c2cnc(C)nc2[C@@H]2CCCN(C(=O)c3ccc4[nH]c(C)c(C)c4c3)C2)c1. The van der Waals surface area contributed by atoms with Gasteiger partial charge in [0, 0.05) is 52.9 Å². The number of amides is 1. The molecule has 2 aromatic carbocycles. The highest BCUT2D eigenvalue weighted by molar-refractivity contribution is 5.99. The Kier molecular flexibility index (Phi) is 5.49. The molecule has 0 radical (unpaired) electrons. The molecule has 3 heterocycles. The lowest BCUT2D eigenvalue weighted by Crippen LogP contribution is -2.39. The van der Waals surface area contributed by atoms with E-state index in [0.717, 1.165) is 64.2 Å². The number of carbonyl (C=O) groups excluding carboxylic acids is 1. The highest BCUT2D eigenvalue weighted by atomic mass is 16.2. The van der Waals surface area contributed by atoms with Crippen molar-refractivity contribution in [2.24, 2.45) is 0 Å². The Morgan fingerprint density at radius 1 is 1.09 bits per heavy atom. The van der Waals surface area contributed by atoms with E-state index in [1.54, 1.807) is 0 Å². The third-order valence-electron chi connectivity index (χ3n) is 6.92. The Bertz CT molecular complexity index is 1350. The number of benzene rings is 2. The maximum Gasteiger partial charge on any atom is 0.253 e. The van der Waals surface area contributed by atoms with Crippen LogP contribution >= 0.6 is 0 Å². The highest BCUT2D eigenvalue weighted by Gasteiger charge is 2.28. The minimum Gasteiger partial charge on any atom is -0.358 e. The van der Waals surface area contributed by atoms with Gasteiger partial charge in [-0.3, -0.25) is 4.79 Å². The van der Waals surface area contributed by atoms with Gasteiger partial charge in [0.05, 0.1) is 5.69 Å². The third-order valence-corrected chi connectivity index (χ3v) is 6.92. The number of H-pyrrole nitrogens is 1. The van der Waals surface area contributed by atoms with Gasteiger partial charge in [0.25, 0.3) is 5.91 Å². The van der Waals surface area contributed by atoms with E-state index in [1.165, 1.54) is 11.1 Å². The molecular weight excluding hydrogens is 408 g/mol. The van der Waals surface area contributed by atoms with Gasteiger partial charge in [-0.05, 0) is 69.9 Å². The maximum absolute atomic E-state index is 13.5. The molecule has 5 heteroatoms. The molecule has 1 N–H and O–H groups in total. The number of likely N-dealkylation sites (tertiary alicyclic amines) is 1. The largest absolute Gasteiger partial charge is 0.358 e. The standard InChI is InChI=1S/C28H30N4O/c1-17-7-5-8-21(13-17)25-15-29-20(4)31-27(25)23-9-6-12-32(16-23)28(33)22-10-11-26-24(14-22)18(2)19(3)30-26/h5,7-8,10-11,13-15,23,30H,6,9,12,16H2,1-4H3/t23-/m1/s1. The Morgan fingerprint density at radius 2 is 1.94 bits per heavy atom. The minimum absolute atomic E-state index is 0.0998. The van der Waals surface area contributed by atoms with Gasteiger partial charge in [-0.25, -0.2) is 9.97 Å². The smallest absolute Gasteiger partial charge is 0.253 e. The van der Waals surface area contributed by atoms with Gasteiger partial charge in [-0.2, -0.15) is 0 Å². The lowest BCUT2D eigenvalue weighted by molar-refractivity contribution is 0.0706. The molecule has 0 unspecified atom stereocenters. The fourth-order valence-corrected chi connectivity index (χ4v) is 5.00. The van der Waals surface area contributed by atoms with Crippen LogP contribution in [0.15, 0.2) is 48.7 Å². The topological polar surface area (TPSA) is 61.9 Å². The van der Waals surface area contributed by atoms with Crippen molar-refractivity contribution >= 4 is 16.8 Å². The number of aromatic amines is 1. The maximum atomic E-state index is 13.5. The molecule has 1 fully saturated rings. The summed E-state index contributed by atoms with van der Waals surface area (Å²) >= 11 is 0. The number of aryl methyl sites for hydroxylation is 4. The summed E-state index contributed by atoms with van der Waals surface area (Å²) < 4.78 is 0. The first kappa shape index (κ1) is 21.4. The summed E-state index contributed by atoms with van der Waals surface area (Å²) in [7, 11) is 0. The summed E-state index contributed by atoms with van der Waals surface area (Å²) in [5, 5.41) is 1.13. The van der Waals surface area contributed by atoms with Crippen LogP contribution in [0.5, 0.6) is 0 Å². The number of aromatic nitrogens is 3. The molecule has 168 valence electrons. The summed E-state index contributed by atoms with van der Waals surface area (Å²) in [5.41, 5.74) is 8.66. The van der Waals surface area contributed by atoms with Crippen LogP contribution in [-0.4, -0.2) is 38.8 Å². The van der Waals surface area contributed by atoms with E-state index in [2.05, 4.69) is 55.0 Å². The first-order valence-electron chi connectivity index (χ1n) is 11.7. The molecule has 0 spiro atoms. The molecule has 1 saturated heterocycles. The van der Waals surface area contributed by atoms with E-state index in [1.807, 2.05) is 36.2 Å². The van der Waals surface area contributed by atoms with Crippen molar-refractivity contribution in [3.63, 3.8) is 0 Å². The average molecular weight is 439 g/mol. The summed E-state index contributed by atoms with van der Waals surface area (Å²) in [6, 6.07) is 14.5. The zero-order valence-corrected chi connectivity index (χ0v) is 19.8. The number of nitrogens with one attached hydrogen (secondary N) is 1. The van der Waals surface area contributed by atoms with Crippen molar-refractivity contribution < 1.29 is 4.79 Å². The third kappa shape index (κ3) is 4.04. The average Bonchev–Trinajstić information content (AvgIpc) is 3.11. The lowest BCUT2D eigenvalue weighted by atomic mass is 9.89. The number of piperidine rings is 1. The van der Waals surface area contributed by atoms with E-state index < -0.39 is 0 Å². The zero-order chi connectivity index (χ0) is 23.1. The fraction of sp³-hybridized carbons (Fsp3) is 0.321. The van der Waals surface area contributed by atoms with Gasteiger partial charge in [0.2, 0.25) is 0 Å². The van der Waals surface area contributed by atoms with Gasteiger partial charge in [-0.15, -0.1) is 0 Å². The zero-order valence-electron chi connectivity index (χ0n) is 19.8. The number of hydrogen-bond acceptors (Lipinski definition) is 3. The molecule has 1 amide bonds. The van der Waals surface area contributed by atoms with Crippen LogP contribution in [0.1, 0.15) is 57.5 Å². The highest BCUT2D eigenvalue weighted by Crippen LogP contribution is 2.34. The molecule has 5 nitrogen and oxygen atoms in total. The number of hydrogen-bond donors (Lipinski definition) is 1. The van der Waals surface area contributed by atoms with Gasteiger partial charge in [0.1, 0.15) is 5.82 Å². The Balaban J connectivity index is 1.45. The first-order chi connectivity index (χ1) is 15.9. The van der Waals surface area contributed by atoms with Gasteiger partial charge < -0.3 is 9.88 Å². The van der Waals surface area contributed by atoms with Gasteiger partial charge >= 0.3 is 0 Å². The minimum atomic E-state index is 0.0998.